The zero-order valence-corrected chi connectivity index (χ0v) is 35.6. The molecule has 5 nitrogen and oxygen atoms in total. The van der Waals surface area contributed by atoms with Gasteiger partial charge in [0, 0.05) is 52.0 Å². The molecule has 0 atom stereocenters. The Morgan fingerprint density at radius 2 is 1.00 bits per heavy atom. The summed E-state index contributed by atoms with van der Waals surface area (Å²) in [5, 5.41) is 12.2. The van der Waals surface area contributed by atoms with Gasteiger partial charge in [-0.05, 0) is 98.8 Å². The van der Waals surface area contributed by atoms with Crippen molar-refractivity contribution in [2.45, 2.75) is 111 Å². The summed E-state index contributed by atoms with van der Waals surface area (Å²) in [5.74, 6) is 0.806. The van der Waals surface area contributed by atoms with E-state index in [1.807, 2.05) is 0 Å². The lowest BCUT2D eigenvalue weighted by atomic mass is 9.85. The van der Waals surface area contributed by atoms with Crippen molar-refractivity contribution in [3.05, 3.63) is 166 Å². The number of aliphatic imine (C=N–C) groups is 1. The number of rotatable bonds is 18. The Balaban J connectivity index is 1.16. The molecule has 1 aromatic heterocycles. The minimum absolute atomic E-state index is 0.258. The third-order valence-electron chi connectivity index (χ3n) is 11.1. The van der Waals surface area contributed by atoms with Crippen molar-refractivity contribution in [3.8, 4) is 22.4 Å². The second kappa shape index (κ2) is 17.8. The lowest BCUT2D eigenvalue weighted by molar-refractivity contribution is 0.274. The van der Waals surface area contributed by atoms with Crippen molar-refractivity contribution in [1.82, 2.24) is 15.8 Å². The summed E-state index contributed by atoms with van der Waals surface area (Å²) in [5.41, 5.74) is 16.6. The maximum absolute atomic E-state index is 6.13. The maximum Gasteiger partial charge on any atom is 0.151 e. The normalized spacial score (nSPS) is 13.2. The first-order valence-electron chi connectivity index (χ1n) is 20.9. The molecular weight excluding hydrogens is 697 g/mol. The van der Waals surface area contributed by atoms with Gasteiger partial charge in [-0.15, -0.1) is 0 Å². The van der Waals surface area contributed by atoms with E-state index in [-0.39, 0.29) is 11.1 Å². The highest BCUT2D eigenvalue weighted by Crippen LogP contribution is 2.37. The summed E-state index contributed by atoms with van der Waals surface area (Å²) < 4.78 is 6.13. The van der Waals surface area contributed by atoms with Gasteiger partial charge in [-0.3, -0.25) is 4.99 Å². The van der Waals surface area contributed by atoms with E-state index in [2.05, 4.69) is 181 Å². The van der Waals surface area contributed by atoms with E-state index in [9.17, 15) is 0 Å². The van der Waals surface area contributed by atoms with Crippen molar-refractivity contribution in [2.75, 3.05) is 6.54 Å². The molecule has 0 saturated carbocycles. The molecule has 0 unspecified atom stereocenters. The van der Waals surface area contributed by atoms with Gasteiger partial charge < -0.3 is 15.2 Å². The number of hydrogen-bond donors (Lipinski definition) is 2. The van der Waals surface area contributed by atoms with Crippen LogP contribution in [0.3, 0.4) is 0 Å². The van der Waals surface area contributed by atoms with Crippen LogP contribution in [-0.4, -0.2) is 28.5 Å². The Hall–Kier alpha value is -5.42. The molecule has 0 radical (unpaired) electrons. The van der Waals surface area contributed by atoms with Gasteiger partial charge in [0.05, 0.1) is 17.8 Å². The first-order valence-corrected chi connectivity index (χ1v) is 20.9. The third-order valence-corrected chi connectivity index (χ3v) is 11.1. The summed E-state index contributed by atoms with van der Waals surface area (Å²) in [4.78, 5) is 5.12. The van der Waals surface area contributed by atoms with E-state index in [0.29, 0.717) is 13.0 Å². The molecule has 0 aliphatic carbocycles. The lowest BCUT2D eigenvalue weighted by Crippen LogP contribution is -2.50. The standard InChI is InChI=1S/C52H62N4O/c1-11-37-15-23-41(24-16-37)47-45(33-53-49(47)43-27-19-39(13-3)20-28-43)31-35(5)54-51(7,8)34-52(9,10)55-36(6)32-46-48(42-25-17-38(12-2)18-26-42)50(56-57-46)44-29-21-40(14-4)22-30-44/h15-30,54-55H,5-6,11-14,31-34H2,1-4,7-10H3. The number of benzene rings is 4. The van der Waals surface area contributed by atoms with Crippen LogP contribution in [0, 0.1) is 0 Å². The number of aromatic nitrogens is 1. The molecule has 5 aromatic rings. The number of nitrogens with one attached hydrogen (secondary N) is 2. The molecule has 4 aromatic carbocycles. The fraction of sp³-hybridized carbons (Fsp3) is 0.346. The molecule has 0 fully saturated rings. The molecule has 2 N–H and O–H groups in total. The highest BCUT2D eigenvalue weighted by molar-refractivity contribution is 6.34. The number of allylic oxidation sites excluding steroid dienone is 3. The molecular formula is C52H62N4O. The zero-order valence-electron chi connectivity index (χ0n) is 35.6. The average molecular weight is 759 g/mol. The van der Waals surface area contributed by atoms with Crippen LogP contribution in [0.15, 0.2) is 137 Å². The molecule has 5 heteroatoms. The van der Waals surface area contributed by atoms with E-state index >= 15 is 0 Å². The Kier molecular flexibility index (Phi) is 12.9. The van der Waals surface area contributed by atoms with Crippen molar-refractivity contribution < 1.29 is 4.52 Å². The van der Waals surface area contributed by atoms with Crippen LogP contribution in [0.5, 0.6) is 0 Å². The fourth-order valence-corrected chi connectivity index (χ4v) is 8.46. The topological polar surface area (TPSA) is 62.5 Å². The average Bonchev–Trinajstić information content (AvgIpc) is 3.81. The minimum Gasteiger partial charge on any atom is -0.384 e. The molecule has 57 heavy (non-hydrogen) atoms. The smallest absolute Gasteiger partial charge is 0.151 e. The monoisotopic (exact) mass is 758 g/mol. The second-order valence-electron chi connectivity index (χ2n) is 16.9. The molecule has 1 aliphatic rings. The van der Waals surface area contributed by atoms with E-state index in [1.54, 1.807) is 0 Å². The lowest BCUT2D eigenvalue weighted by Gasteiger charge is -2.38. The predicted molar refractivity (Wildman–Crippen MR) is 242 cm³/mol. The van der Waals surface area contributed by atoms with Gasteiger partial charge in [0.25, 0.3) is 0 Å². The van der Waals surface area contributed by atoms with Crippen LogP contribution in [0.4, 0.5) is 0 Å². The van der Waals surface area contributed by atoms with E-state index in [1.165, 1.54) is 39.0 Å². The Morgan fingerprint density at radius 3 is 1.47 bits per heavy atom. The van der Waals surface area contributed by atoms with Crippen molar-refractivity contribution in [1.29, 1.82) is 0 Å². The van der Waals surface area contributed by atoms with Crippen LogP contribution in [0.25, 0.3) is 28.0 Å². The molecule has 296 valence electrons. The van der Waals surface area contributed by atoms with E-state index in [4.69, 9.17) is 9.52 Å². The molecule has 2 heterocycles. The van der Waals surface area contributed by atoms with Gasteiger partial charge in [-0.25, -0.2) is 0 Å². The SMILES string of the molecule is C=C(CC1=C(c2ccc(CC)cc2)C(c2ccc(CC)cc2)=NC1)NC(C)(C)CC(C)(C)NC(=C)Cc1onc(-c2ccc(CC)cc2)c1-c1ccc(CC)cc1. The van der Waals surface area contributed by atoms with Crippen molar-refractivity contribution >= 4 is 11.3 Å². The van der Waals surface area contributed by atoms with Gasteiger partial charge in [0.15, 0.2) is 5.76 Å². The van der Waals surface area contributed by atoms with Crippen molar-refractivity contribution in [2.24, 2.45) is 4.99 Å². The minimum atomic E-state index is -0.282. The second-order valence-corrected chi connectivity index (χ2v) is 16.9. The third kappa shape index (κ3) is 10.1. The Morgan fingerprint density at radius 1 is 0.579 bits per heavy atom. The zero-order chi connectivity index (χ0) is 40.7. The van der Waals surface area contributed by atoms with Gasteiger partial charge in [0.2, 0.25) is 0 Å². The first-order chi connectivity index (χ1) is 27.3. The summed E-state index contributed by atoms with van der Waals surface area (Å²) in [6.45, 7) is 27.4. The molecule has 0 bridgehead atoms. The van der Waals surface area contributed by atoms with Gasteiger partial charge in [-0.1, -0.05) is 143 Å². The highest BCUT2D eigenvalue weighted by Gasteiger charge is 2.31. The Bertz CT molecular complexity index is 2230. The quantitative estimate of drug-likeness (QED) is 0.0934. The number of hydrogen-bond acceptors (Lipinski definition) is 5. The molecule has 1 aliphatic heterocycles. The van der Waals surface area contributed by atoms with Crippen LogP contribution in [0.2, 0.25) is 0 Å². The fourth-order valence-electron chi connectivity index (χ4n) is 8.46. The number of nitrogens with zero attached hydrogens (tertiary/aromatic N) is 2. The summed E-state index contributed by atoms with van der Waals surface area (Å²) in [6, 6.07) is 35.3. The number of aryl methyl sites for hydroxylation is 4. The predicted octanol–water partition coefficient (Wildman–Crippen LogP) is 12.3. The van der Waals surface area contributed by atoms with E-state index < -0.39 is 0 Å². The Labute approximate surface area is 342 Å². The largest absolute Gasteiger partial charge is 0.384 e. The van der Waals surface area contributed by atoms with E-state index in [0.717, 1.165) is 89.3 Å². The highest BCUT2D eigenvalue weighted by atomic mass is 16.5. The van der Waals surface area contributed by atoms with Gasteiger partial charge >= 0.3 is 0 Å². The van der Waals surface area contributed by atoms with Gasteiger partial charge in [0.1, 0.15) is 5.69 Å². The van der Waals surface area contributed by atoms with Gasteiger partial charge in [-0.2, -0.15) is 0 Å². The van der Waals surface area contributed by atoms with Crippen LogP contribution in [-0.2, 0) is 32.1 Å². The molecule has 6 rings (SSSR count). The first kappa shape index (κ1) is 41.2. The molecule has 0 saturated heterocycles. The van der Waals surface area contributed by atoms with Crippen molar-refractivity contribution in [3.63, 3.8) is 0 Å². The van der Waals surface area contributed by atoms with Crippen LogP contribution >= 0.6 is 0 Å². The maximum atomic E-state index is 6.13. The summed E-state index contributed by atoms with van der Waals surface area (Å²) in [6.07, 6.45) is 6.10. The molecule has 0 spiro atoms. The summed E-state index contributed by atoms with van der Waals surface area (Å²) >= 11 is 0. The van der Waals surface area contributed by atoms with Crippen LogP contribution < -0.4 is 10.6 Å². The van der Waals surface area contributed by atoms with Crippen LogP contribution in [0.1, 0.15) is 107 Å². The summed E-state index contributed by atoms with van der Waals surface area (Å²) in [7, 11) is 0. The molecule has 0 amide bonds.